The van der Waals surface area contributed by atoms with Gasteiger partial charge in [-0.2, -0.15) is 17.0 Å². The van der Waals surface area contributed by atoms with Crippen molar-refractivity contribution in [2.24, 2.45) is 0 Å². The lowest BCUT2D eigenvalue weighted by molar-refractivity contribution is -0.113. The Balaban J connectivity index is 1.81. The highest BCUT2D eigenvalue weighted by Gasteiger charge is 2.03. The Hall–Kier alpha value is -2.45. The van der Waals surface area contributed by atoms with Crippen molar-refractivity contribution in [3.8, 4) is 17.6 Å². The van der Waals surface area contributed by atoms with Crippen molar-refractivity contribution in [3.05, 3.63) is 54.6 Å². The average Bonchev–Trinajstić information content (AvgIpc) is 2.54. The van der Waals surface area contributed by atoms with E-state index in [-0.39, 0.29) is 5.91 Å². The van der Waals surface area contributed by atoms with Crippen LogP contribution in [-0.4, -0.2) is 17.4 Å². The van der Waals surface area contributed by atoms with Crippen LogP contribution in [0.5, 0.6) is 11.5 Å². The normalized spacial score (nSPS) is 9.77. The maximum absolute atomic E-state index is 11.7. The number of nitriles is 1. The van der Waals surface area contributed by atoms with Gasteiger partial charge >= 0.3 is 0 Å². The number of benzene rings is 2. The number of thioether (sulfide) groups is 1. The third-order valence-electron chi connectivity index (χ3n) is 2.71. The van der Waals surface area contributed by atoms with Gasteiger partial charge < -0.3 is 10.1 Å². The van der Waals surface area contributed by atoms with E-state index in [0.29, 0.717) is 23.7 Å². The van der Waals surface area contributed by atoms with E-state index < -0.39 is 0 Å². The molecule has 5 heteroatoms. The number of nitrogens with one attached hydrogen (secondary N) is 1. The molecule has 0 aliphatic rings. The number of amides is 1. The maximum Gasteiger partial charge on any atom is 0.234 e. The monoisotopic (exact) mass is 312 g/mol. The summed E-state index contributed by atoms with van der Waals surface area (Å²) in [5.41, 5.74) is 0.728. The standard InChI is InChI=1S/C17H16N2O2S/c18-11-4-12-22-13-17(20)19-14-7-9-16(10-8-14)21-15-5-2-1-3-6-15/h1-3,5-10H,4,12-13H2,(H,19,20). The molecule has 0 radical (unpaired) electrons. The van der Waals surface area contributed by atoms with Gasteiger partial charge in [0.25, 0.3) is 0 Å². The molecule has 0 aliphatic carbocycles. The lowest BCUT2D eigenvalue weighted by Crippen LogP contribution is -2.14. The van der Waals surface area contributed by atoms with Gasteiger partial charge in [0, 0.05) is 17.9 Å². The zero-order chi connectivity index (χ0) is 15.6. The van der Waals surface area contributed by atoms with E-state index in [4.69, 9.17) is 10.00 Å². The van der Waals surface area contributed by atoms with Gasteiger partial charge in [0.2, 0.25) is 5.91 Å². The summed E-state index contributed by atoms with van der Waals surface area (Å²) in [7, 11) is 0. The Labute approximate surface area is 134 Å². The number of anilines is 1. The fourth-order valence-corrected chi connectivity index (χ4v) is 2.35. The third kappa shape index (κ3) is 5.51. The van der Waals surface area contributed by atoms with Gasteiger partial charge in [0.15, 0.2) is 0 Å². The lowest BCUT2D eigenvalue weighted by Gasteiger charge is -2.08. The Bertz CT molecular complexity index is 636. The van der Waals surface area contributed by atoms with Gasteiger partial charge in [0.1, 0.15) is 11.5 Å². The van der Waals surface area contributed by atoms with E-state index in [2.05, 4.69) is 11.4 Å². The van der Waals surface area contributed by atoms with Crippen molar-refractivity contribution in [2.45, 2.75) is 6.42 Å². The average molecular weight is 312 g/mol. The Morgan fingerprint density at radius 1 is 1.09 bits per heavy atom. The summed E-state index contributed by atoms with van der Waals surface area (Å²) in [6, 6.07) is 18.8. The Morgan fingerprint density at radius 3 is 2.45 bits per heavy atom. The van der Waals surface area contributed by atoms with E-state index in [0.717, 1.165) is 11.4 Å². The van der Waals surface area contributed by atoms with Crippen LogP contribution < -0.4 is 10.1 Å². The Kier molecular flexibility index (Phi) is 6.34. The number of ether oxygens (including phenoxy) is 1. The summed E-state index contributed by atoms with van der Waals surface area (Å²) in [6.45, 7) is 0. The molecule has 0 atom stereocenters. The van der Waals surface area contributed by atoms with Crippen LogP contribution in [-0.2, 0) is 4.79 Å². The highest BCUT2D eigenvalue weighted by atomic mass is 32.2. The molecule has 0 saturated carbocycles. The molecular formula is C17H16N2O2S. The smallest absolute Gasteiger partial charge is 0.234 e. The summed E-state index contributed by atoms with van der Waals surface area (Å²) in [6.07, 6.45) is 0.462. The van der Waals surface area contributed by atoms with E-state index in [1.54, 1.807) is 12.1 Å². The van der Waals surface area contributed by atoms with Gasteiger partial charge in [-0.3, -0.25) is 4.79 Å². The summed E-state index contributed by atoms with van der Waals surface area (Å²) in [5.74, 6) is 2.44. The van der Waals surface area contributed by atoms with Crippen molar-refractivity contribution in [1.29, 1.82) is 5.26 Å². The van der Waals surface area contributed by atoms with Crippen LogP contribution in [0.4, 0.5) is 5.69 Å². The second-order valence-corrected chi connectivity index (χ2v) is 5.55. The molecule has 0 saturated heterocycles. The minimum Gasteiger partial charge on any atom is -0.457 e. The second-order valence-electron chi connectivity index (χ2n) is 4.45. The summed E-state index contributed by atoms with van der Waals surface area (Å²) in [4.78, 5) is 11.7. The molecule has 22 heavy (non-hydrogen) atoms. The number of hydrogen-bond acceptors (Lipinski definition) is 4. The third-order valence-corrected chi connectivity index (χ3v) is 3.67. The van der Waals surface area contributed by atoms with Crippen LogP contribution in [0.2, 0.25) is 0 Å². The fourth-order valence-electron chi connectivity index (χ4n) is 1.71. The molecule has 2 aromatic rings. The van der Waals surface area contributed by atoms with Gasteiger partial charge in [0.05, 0.1) is 11.8 Å². The predicted octanol–water partition coefficient (Wildman–Crippen LogP) is 4.06. The maximum atomic E-state index is 11.7. The molecule has 0 unspecified atom stereocenters. The molecule has 2 rings (SSSR count). The summed E-state index contributed by atoms with van der Waals surface area (Å²) in [5, 5.41) is 11.2. The molecule has 0 aromatic heterocycles. The first-order chi connectivity index (χ1) is 10.8. The van der Waals surface area contributed by atoms with Gasteiger partial charge in [-0.25, -0.2) is 0 Å². The predicted molar refractivity (Wildman–Crippen MR) is 89.1 cm³/mol. The SMILES string of the molecule is N#CCCSCC(=O)Nc1ccc(Oc2ccccc2)cc1. The molecule has 0 spiro atoms. The number of hydrogen-bond donors (Lipinski definition) is 1. The lowest BCUT2D eigenvalue weighted by atomic mass is 10.3. The van der Waals surface area contributed by atoms with Crippen molar-refractivity contribution in [2.75, 3.05) is 16.8 Å². The first-order valence-electron chi connectivity index (χ1n) is 6.85. The number of nitrogens with zero attached hydrogens (tertiary/aromatic N) is 1. The number of para-hydroxylation sites is 1. The first-order valence-corrected chi connectivity index (χ1v) is 8.01. The Morgan fingerprint density at radius 2 is 1.77 bits per heavy atom. The molecule has 0 heterocycles. The van der Waals surface area contributed by atoms with E-state index in [1.807, 2.05) is 42.5 Å². The highest BCUT2D eigenvalue weighted by molar-refractivity contribution is 7.99. The summed E-state index contributed by atoms with van der Waals surface area (Å²) >= 11 is 1.45. The number of carbonyl (C=O) groups excluding carboxylic acids is 1. The number of carbonyl (C=O) groups is 1. The van der Waals surface area contributed by atoms with Crippen LogP contribution in [0.25, 0.3) is 0 Å². The van der Waals surface area contributed by atoms with Gasteiger partial charge in [-0.15, -0.1) is 0 Å². The minimum atomic E-state index is -0.0698. The molecule has 1 N–H and O–H groups in total. The minimum absolute atomic E-state index is 0.0698. The second kappa shape index (κ2) is 8.75. The van der Waals surface area contributed by atoms with Crippen LogP contribution in [0.15, 0.2) is 54.6 Å². The van der Waals surface area contributed by atoms with Crippen LogP contribution in [0.1, 0.15) is 6.42 Å². The largest absolute Gasteiger partial charge is 0.457 e. The van der Waals surface area contributed by atoms with Crippen LogP contribution >= 0.6 is 11.8 Å². The highest BCUT2D eigenvalue weighted by Crippen LogP contribution is 2.22. The fraction of sp³-hybridized carbons (Fsp3) is 0.176. The van der Waals surface area contributed by atoms with Crippen LogP contribution in [0.3, 0.4) is 0 Å². The van der Waals surface area contributed by atoms with Crippen molar-refractivity contribution in [3.63, 3.8) is 0 Å². The topological polar surface area (TPSA) is 62.1 Å². The van der Waals surface area contributed by atoms with Crippen molar-refractivity contribution < 1.29 is 9.53 Å². The molecular weight excluding hydrogens is 296 g/mol. The zero-order valence-corrected chi connectivity index (χ0v) is 12.8. The molecule has 4 nitrogen and oxygen atoms in total. The van der Waals surface area contributed by atoms with Crippen LogP contribution in [0, 0.1) is 11.3 Å². The molecule has 112 valence electrons. The van der Waals surface area contributed by atoms with Gasteiger partial charge in [-0.05, 0) is 36.4 Å². The first kappa shape index (κ1) is 15.9. The van der Waals surface area contributed by atoms with E-state index in [9.17, 15) is 4.79 Å². The van der Waals surface area contributed by atoms with Crippen molar-refractivity contribution >= 4 is 23.4 Å². The molecule has 0 fully saturated rings. The quantitative estimate of drug-likeness (QED) is 0.783. The van der Waals surface area contributed by atoms with Gasteiger partial charge in [-0.1, -0.05) is 18.2 Å². The molecule has 2 aromatic carbocycles. The molecule has 0 bridgehead atoms. The van der Waals surface area contributed by atoms with Crippen molar-refractivity contribution in [1.82, 2.24) is 0 Å². The number of rotatable bonds is 7. The zero-order valence-electron chi connectivity index (χ0n) is 12.0. The summed E-state index contributed by atoms with van der Waals surface area (Å²) < 4.78 is 5.68. The molecule has 0 aliphatic heterocycles. The van der Waals surface area contributed by atoms with E-state index in [1.165, 1.54) is 11.8 Å². The molecule has 1 amide bonds. The van der Waals surface area contributed by atoms with E-state index >= 15 is 0 Å².